The summed E-state index contributed by atoms with van der Waals surface area (Å²) >= 11 is 0. The molecule has 3 unspecified atom stereocenters. The van der Waals surface area contributed by atoms with Gasteiger partial charge in [0.15, 0.2) is 0 Å². The fourth-order valence-corrected chi connectivity index (χ4v) is 3.08. The lowest BCUT2D eigenvalue weighted by molar-refractivity contribution is -0.141. The molecule has 2 fully saturated rings. The van der Waals surface area contributed by atoms with Crippen LogP contribution in [-0.2, 0) is 16.1 Å². The number of piperidine rings is 1. The Hall–Kier alpha value is -1.92. The van der Waals surface area contributed by atoms with E-state index in [4.69, 9.17) is 0 Å². The van der Waals surface area contributed by atoms with Crippen LogP contribution in [-0.4, -0.2) is 42.9 Å². The molecule has 2 aliphatic heterocycles. The van der Waals surface area contributed by atoms with Crippen LogP contribution in [0.1, 0.15) is 5.56 Å². The number of benzene rings is 1. The molecular weight excluding hydrogens is 268 g/mol. The summed E-state index contributed by atoms with van der Waals surface area (Å²) in [5, 5.41) is 2.98. The number of carbonyl (C=O) groups excluding carboxylic acids is 2. The lowest BCUT2D eigenvalue weighted by Crippen LogP contribution is -2.57. The summed E-state index contributed by atoms with van der Waals surface area (Å²) < 4.78 is 0. The Morgan fingerprint density at radius 2 is 2.14 bits per heavy atom. The molecule has 0 aromatic heterocycles. The predicted octanol–water partition coefficient (Wildman–Crippen LogP) is -0.516. The molecule has 0 aliphatic carbocycles. The Morgan fingerprint density at radius 1 is 1.38 bits per heavy atom. The molecule has 6 nitrogen and oxygen atoms in total. The van der Waals surface area contributed by atoms with Gasteiger partial charge in [-0.2, -0.15) is 0 Å². The molecular formula is C15H20N4O2. The molecule has 2 heterocycles. The monoisotopic (exact) mass is 288 g/mol. The number of hydrazine groups is 1. The third-order valence-electron chi connectivity index (χ3n) is 4.30. The van der Waals surface area contributed by atoms with Crippen LogP contribution in [0.2, 0.25) is 0 Å². The zero-order chi connectivity index (χ0) is 14.8. The maximum Gasteiger partial charge on any atom is 0.241 e. The molecule has 3 atom stereocenters. The number of likely N-dealkylation sites (tertiary alicyclic amines) is 1. The van der Waals surface area contributed by atoms with E-state index in [2.05, 4.69) is 16.2 Å². The van der Waals surface area contributed by atoms with E-state index < -0.39 is 0 Å². The SMILES string of the molecule is CN1CC(C(=O)NCc2ccccc2)C2CNNC2C1=O. The number of amides is 2. The van der Waals surface area contributed by atoms with Crippen LogP contribution >= 0.6 is 0 Å². The molecule has 2 aliphatic rings. The number of fused-ring (bicyclic) bond motifs is 1. The van der Waals surface area contributed by atoms with Crippen molar-refractivity contribution in [2.75, 3.05) is 20.1 Å². The molecule has 3 N–H and O–H groups in total. The number of carbonyl (C=O) groups is 2. The minimum absolute atomic E-state index is 0.0127. The average molecular weight is 288 g/mol. The number of hydrogen-bond donors (Lipinski definition) is 3. The van der Waals surface area contributed by atoms with Crippen molar-refractivity contribution in [1.82, 2.24) is 21.1 Å². The van der Waals surface area contributed by atoms with Gasteiger partial charge in [-0.05, 0) is 5.56 Å². The van der Waals surface area contributed by atoms with Gasteiger partial charge in [0, 0.05) is 32.6 Å². The summed E-state index contributed by atoms with van der Waals surface area (Å²) in [6, 6.07) is 9.53. The maximum atomic E-state index is 12.5. The van der Waals surface area contributed by atoms with E-state index in [0.29, 0.717) is 19.6 Å². The molecule has 1 aromatic rings. The van der Waals surface area contributed by atoms with E-state index in [0.717, 1.165) is 5.56 Å². The second-order valence-corrected chi connectivity index (χ2v) is 5.70. The van der Waals surface area contributed by atoms with Gasteiger partial charge in [-0.1, -0.05) is 30.3 Å². The van der Waals surface area contributed by atoms with Gasteiger partial charge in [0.25, 0.3) is 0 Å². The standard InChI is InChI=1S/C15H20N4O2/c1-19-9-12(11-8-17-18-13(11)15(19)21)14(20)16-7-10-5-3-2-4-6-10/h2-6,11-13,17-18H,7-9H2,1H3,(H,16,20). The van der Waals surface area contributed by atoms with Crippen LogP contribution in [0.5, 0.6) is 0 Å². The Kier molecular flexibility index (Phi) is 3.90. The van der Waals surface area contributed by atoms with Crippen molar-refractivity contribution in [1.29, 1.82) is 0 Å². The van der Waals surface area contributed by atoms with E-state index in [1.165, 1.54) is 0 Å². The first-order valence-corrected chi connectivity index (χ1v) is 7.22. The first-order valence-electron chi connectivity index (χ1n) is 7.22. The van der Waals surface area contributed by atoms with Crippen molar-refractivity contribution in [3.05, 3.63) is 35.9 Å². The Bertz CT molecular complexity index is 534. The van der Waals surface area contributed by atoms with Crippen LogP contribution in [0.4, 0.5) is 0 Å². The van der Waals surface area contributed by atoms with Crippen molar-refractivity contribution < 1.29 is 9.59 Å². The Labute approximate surface area is 123 Å². The first-order chi connectivity index (χ1) is 10.2. The van der Waals surface area contributed by atoms with Gasteiger partial charge in [0.2, 0.25) is 11.8 Å². The lowest BCUT2D eigenvalue weighted by Gasteiger charge is -2.36. The van der Waals surface area contributed by atoms with Crippen molar-refractivity contribution in [2.45, 2.75) is 12.6 Å². The highest BCUT2D eigenvalue weighted by molar-refractivity contribution is 5.88. The summed E-state index contributed by atoms with van der Waals surface area (Å²) in [5.41, 5.74) is 7.05. The van der Waals surface area contributed by atoms with Gasteiger partial charge < -0.3 is 10.2 Å². The second-order valence-electron chi connectivity index (χ2n) is 5.70. The minimum atomic E-state index is -0.295. The molecule has 1 aromatic carbocycles. The van der Waals surface area contributed by atoms with Crippen molar-refractivity contribution in [2.24, 2.45) is 11.8 Å². The van der Waals surface area contributed by atoms with E-state index >= 15 is 0 Å². The van der Waals surface area contributed by atoms with Crippen LogP contribution in [0.25, 0.3) is 0 Å². The van der Waals surface area contributed by atoms with Gasteiger partial charge >= 0.3 is 0 Å². The quantitative estimate of drug-likeness (QED) is 0.700. The summed E-state index contributed by atoms with van der Waals surface area (Å²) in [6.07, 6.45) is 0. The fourth-order valence-electron chi connectivity index (χ4n) is 3.08. The number of nitrogens with one attached hydrogen (secondary N) is 3. The Balaban J connectivity index is 1.65. The highest BCUT2D eigenvalue weighted by atomic mass is 16.2. The molecule has 112 valence electrons. The zero-order valence-electron chi connectivity index (χ0n) is 12.0. The zero-order valence-corrected chi connectivity index (χ0v) is 12.0. The lowest BCUT2D eigenvalue weighted by atomic mass is 9.82. The van der Waals surface area contributed by atoms with Gasteiger partial charge in [0.05, 0.1) is 5.92 Å². The number of rotatable bonds is 3. The largest absolute Gasteiger partial charge is 0.352 e. The Morgan fingerprint density at radius 3 is 2.90 bits per heavy atom. The average Bonchev–Trinajstić information content (AvgIpc) is 2.99. The van der Waals surface area contributed by atoms with Gasteiger partial charge in [-0.3, -0.25) is 15.0 Å². The summed E-state index contributed by atoms with van der Waals surface area (Å²) in [7, 11) is 1.75. The number of hydrogen-bond acceptors (Lipinski definition) is 4. The molecule has 0 bridgehead atoms. The molecule has 6 heteroatoms. The fraction of sp³-hybridized carbons (Fsp3) is 0.467. The smallest absolute Gasteiger partial charge is 0.241 e. The third-order valence-corrected chi connectivity index (χ3v) is 4.30. The molecule has 0 spiro atoms. The topological polar surface area (TPSA) is 73.5 Å². The normalized spacial score (nSPS) is 28.3. The highest BCUT2D eigenvalue weighted by Gasteiger charge is 2.46. The van der Waals surface area contributed by atoms with E-state index in [9.17, 15) is 9.59 Å². The first kappa shape index (κ1) is 14.0. The number of nitrogens with zero attached hydrogens (tertiary/aromatic N) is 1. The van der Waals surface area contributed by atoms with Crippen molar-refractivity contribution in [3.8, 4) is 0 Å². The van der Waals surface area contributed by atoms with E-state index in [1.54, 1.807) is 11.9 Å². The van der Waals surface area contributed by atoms with Crippen LogP contribution in [0, 0.1) is 11.8 Å². The van der Waals surface area contributed by atoms with Crippen molar-refractivity contribution >= 4 is 11.8 Å². The molecule has 0 saturated carbocycles. The predicted molar refractivity (Wildman–Crippen MR) is 77.8 cm³/mol. The summed E-state index contributed by atoms with van der Waals surface area (Å²) in [6.45, 7) is 1.64. The summed E-state index contributed by atoms with van der Waals surface area (Å²) in [4.78, 5) is 26.1. The van der Waals surface area contributed by atoms with Crippen LogP contribution in [0.15, 0.2) is 30.3 Å². The van der Waals surface area contributed by atoms with Gasteiger partial charge in [-0.15, -0.1) is 0 Å². The second kappa shape index (κ2) is 5.83. The van der Waals surface area contributed by atoms with Gasteiger partial charge in [0.1, 0.15) is 6.04 Å². The van der Waals surface area contributed by atoms with E-state index in [1.807, 2.05) is 30.3 Å². The molecule has 2 saturated heterocycles. The summed E-state index contributed by atoms with van der Waals surface area (Å²) in [5.74, 6) is -0.0933. The van der Waals surface area contributed by atoms with Crippen LogP contribution < -0.4 is 16.2 Å². The molecule has 3 rings (SSSR count). The molecule has 0 radical (unpaired) electrons. The highest BCUT2D eigenvalue weighted by Crippen LogP contribution is 2.26. The maximum absolute atomic E-state index is 12.5. The van der Waals surface area contributed by atoms with Gasteiger partial charge in [-0.25, -0.2) is 5.43 Å². The van der Waals surface area contributed by atoms with Crippen LogP contribution in [0.3, 0.4) is 0 Å². The molecule has 21 heavy (non-hydrogen) atoms. The minimum Gasteiger partial charge on any atom is -0.352 e. The molecule has 2 amide bonds. The number of likely N-dealkylation sites (N-methyl/N-ethyl adjacent to an activating group) is 1. The third kappa shape index (κ3) is 2.77. The van der Waals surface area contributed by atoms with E-state index in [-0.39, 0.29) is 29.7 Å². The van der Waals surface area contributed by atoms with Crippen molar-refractivity contribution in [3.63, 3.8) is 0 Å².